The smallest absolute Gasteiger partial charge is 0.127 e. The Morgan fingerprint density at radius 3 is 2.76 bits per heavy atom. The van der Waals surface area contributed by atoms with E-state index in [0.717, 1.165) is 25.2 Å². The lowest BCUT2D eigenvalue weighted by molar-refractivity contribution is 0.283. The van der Waals surface area contributed by atoms with Crippen LogP contribution >= 0.6 is 0 Å². The van der Waals surface area contributed by atoms with Crippen LogP contribution < -0.4 is 10.1 Å². The number of para-hydroxylation sites is 1. The van der Waals surface area contributed by atoms with Gasteiger partial charge in [-0.05, 0) is 50.4 Å². The quantitative estimate of drug-likeness (QED) is 0.920. The van der Waals surface area contributed by atoms with Crippen LogP contribution in [0.1, 0.15) is 40.3 Å². The van der Waals surface area contributed by atoms with Crippen molar-refractivity contribution in [2.75, 3.05) is 13.7 Å². The summed E-state index contributed by atoms with van der Waals surface area (Å²) in [4.78, 5) is 0. The van der Waals surface area contributed by atoms with Crippen LogP contribution in [0.5, 0.6) is 5.75 Å². The predicted octanol–water partition coefficient (Wildman–Crippen LogP) is 3.94. The molecule has 0 fully saturated rings. The van der Waals surface area contributed by atoms with Gasteiger partial charge in [0.05, 0.1) is 12.6 Å². The average molecular weight is 281 g/mol. The molecule has 0 saturated heterocycles. The van der Waals surface area contributed by atoms with Crippen LogP contribution in [0.4, 0.5) is 0 Å². The summed E-state index contributed by atoms with van der Waals surface area (Å²) in [6.45, 7) is 5.15. The van der Waals surface area contributed by atoms with Gasteiger partial charge in [0, 0.05) is 5.56 Å². The van der Waals surface area contributed by atoms with E-state index in [9.17, 15) is 0 Å². The minimum Gasteiger partial charge on any atom is -0.493 e. The Morgan fingerprint density at radius 2 is 1.95 bits per heavy atom. The molecule has 110 valence electrons. The standard InChI is InChI=1S/C19H23NO/c1-13-9-10-14(2)17(12-13)18(20-3)16-8-4-6-15-7-5-11-21-19(15)16/h4,6,8-10,12,18,20H,5,7,11H2,1-3H3. The van der Waals surface area contributed by atoms with Gasteiger partial charge in [-0.1, -0.05) is 42.0 Å². The number of ether oxygens (including phenoxy) is 1. The first-order chi connectivity index (χ1) is 10.2. The fourth-order valence-electron chi connectivity index (χ4n) is 3.19. The highest BCUT2D eigenvalue weighted by molar-refractivity contribution is 5.49. The molecule has 1 aliphatic rings. The topological polar surface area (TPSA) is 21.3 Å². The second-order valence-electron chi connectivity index (χ2n) is 5.87. The van der Waals surface area contributed by atoms with Crippen molar-refractivity contribution in [3.63, 3.8) is 0 Å². The van der Waals surface area contributed by atoms with Crippen molar-refractivity contribution in [2.24, 2.45) is 0 Å². The van der Waals surface area contributed by atoms with Crippen molar-refractivity contribution in [1.82, 2.24) is 5.32 Å². The molecule has 1 aliphatic heterocycles. The van der Waals surface area contributed by atoms with Gasteiger partial charge in [-0.15, -0.1) is 0 Å². The van der Waals surface area contributed by atoms with Gasteiger partial charge < -0.3 is 10.1 Å². The van der Waals surface area contributed by atoms with Crippen molar-refractivity contribution in [1.29, 1.82) is 0 Å². The molecule has 1 N–H and O–H groups in total. The third-order valence-corrected chi connectivity index (χ3v) is 4.31. The van der Waals surface area contributed by atoms with E-state index in [2.05, 4.69) is 55.6 Å². The SMILES string of the molecule is CNC(c1cc(C)ccc1C)c1cccc2c1OCCC2. The maximum Gasteiger partial charge on any atom is 0.127 e. The predicted molar refractivity (Wildman–Crippen MR) is 87.1 cm³/mol. The number of hydrogen-bond acceptors (Lipinski definition) is 2. The van der Waals surface area contributed by atoms with Crippen molar-refractivity contribution in [3.8, 4) is 5.75 Å². The third-order valence-electron chi connectivity index (χ3n) is 4.31. The summed E-state index contributed by atoms with van der Waals surface area (Å²) in [5.74, 6) is 1.09. The van der Waals surface area contributed by atoms with Crippen LogP contribution in [0.3, 0.4) is 0 Å². The first-order valence-corrected chi connectivity index (χ1v) is 7.69. The van der Waals surface area contributed by atoms with E-state index in [1.165, 1.54) is 27.8 Å². The zero-order valence-corrected chi connectivity index (χ0v) is 13.1. The molecular weight excluding hydrogens is 258 g/mol. The van der Waals surface area contributed by atoms with Crippen LogP contribution in [0, 0.1) is 13.8 Å². The Labute approximate surface area is 127 Å². The highest BCUT2D eigenvalue weighted by Gasteiger charge is 2.22. The number of aryl methyl sites for hydroxylation is 3. The molecule has 2 nitrogen and oxygen atoms in total. The van der Waals surface area contributed by atoms with Crippen LogP contribution in [0.15, 0.2) is 36.4 Å². The molecule has 3 rings (SSSR count). The van der Waals surface area contributed by atoms with Crippen molar-refractivity contribution < 1.29 is 4.74 Å². The van der Waals surface area contributed by atoms with Crippen LogP contribution in [0.25, 0.3) is 0 Å². The van der Waals surface area contributed by atoms with Crippen LogP contribution in [0.2, 0.25) is 0 Å². The number of rotatable bonds is 3. The molecule has 0 spiro atoms. The van der Waals surface area contributed by atoms with Crippen molar-refractivity contribution in [2.45, 2.75) is 32.7 Å². The Balaban J connectivity index is 2.10. The minimum atomic E-state index is 0.179. The molecule has 1 atom stereocenters. The van der Waals surface area contributed by atoms with Gasteiger partial charge in [0.1, 0.15) is 5.75 Å². The molecule has 21 heavy (non-hydrogen) atoms. The molecule has 0 saturated carbocycles. The zero-order valence-electron chi connectivity index (χ0n) is 13.1. The van der Waals surface area contributed by atoms with Crippen LogP contribution in [-0.4, -0.2) is 13.7 Å². The number of nitrogens with one attached hydrogen (secondary N) is 1. The second-order valence-corrected chi connectivity index (χ2v) is 5.87. The lowest BCUT2D eigenvalue weighted by Crippen LogP contribution is -2.21. The highest BCUT2D eigenvalue weighted by Crippen LogP contribution is 2.36. The summed E-state index contributed by atoms with van der Waals surface area (Å²) in [6, 6.07) is 13.4. The van der Waals surface area contributed by atoms with Gasteiger partial charge in [0.2, 0.25) is 0 Å². The molecule has 1 unspecified atom stereocenters. The highest BCUT2D eigenvalue weighted by atomic mass is 16.5. The van der Waals surface area contributed by atoms with E-state index in [4.69, 9.17) is 4.74 Å². The summed E-state index contributed by atoms with van der Waals surface area (Å²) < 4.78 is 5.99. The molecule has 2 heteroatoms. The van der Waals surface area contributed by atoms with Gasteiger partial charge in [0.15, 0.2) is 0 Å². The van der Waals surface area contributed by atoms with E-state index >= 15 is 0 Å². The molecular formula is C19H23NO. The molecule has 0 radical (unpaired) electrons. The Hall–Kier alpha value is -1.80. The van der Waals surface area contributed by atoms with E-state index in [1.807, 2.05) is 7.05 Å². The maximum atomic E-state index is 5.99. The fraction of sp³-hybridized carbons (Fsp3) is 0.368. The molecule has 2 aromatic rings. The van der Waals surface area contributed by atoms with Crippen molar-refractivity contribution >= 4 is 0 Å². The van der Waals surface area contributed by atoms with Crippen molar-refractivity contribution in [3.05, 3.63) is 64.2 Å². The molecule has 0 aliphatic carbocycles. The minimum absolute atomic E-state index is 0.179. The van der Waals surface area contributed by atoms with E-state index in [0.29, 0.717) is 0 Å². The lowest BCUT2D eigenvalue weighted by atomic mass is 9.90. The second kappa shape index (κ2) is 5.90. The fourth-order valence-corrected chi connectivity index (χ4v) is 3.19. The number of fused-ring (bicyclic) bond motifs is 1. The number of benzene rings is 2. The Kier molecular flexibility index (Phi) is 3.98. The van der Waals surface area contributed by atoms with Gasteiger partial charge in [-0.3, -0.25) is 0 Å². The summed E-state index contributed by atoms with van der Waals surface area (Å²) in [7, 11) is 2.02. The van der Waals surface area contributed by atoms with Gasteiger partial charge in [0.25, 0.3) is 0 Å². The summed E-state index contributed by atoms with van der Waals surface area (Å²) >= 11 is 0. The molecule has 1 heterocycles. The summed E-state index contributed by atoms with van der Waals surface area (Å²) in [5.41, 5.74) is 6.53. The van der Waals surface area contributed by atoms with Gasteiger partial charge >= 0.3 is 0 Å². The Bertz CT molecular complexity index is 648. The molecule has 0 bridgehead atoms. The molecule has 0 aromatic heterocycles. The maximum absolute atomic E-state index is 5.99. The largest absolute Gasteiger partial charge is 0.493 e. The summed E-state index contributed by atoms with van der Waals surface area (Å²) in [5, 5.41) is 3.47. The summed E-state index contributed by atoms with van der Waals surface area (Å²) in [6.07, 6.45) is 2.23. The third kappa shape index (κ3) is 2.68. The normalized spacial score (nSPS) is 15.2. The monoisotopic (exact) mass is 281 g/mol. The van der Waals surface area contributed by atoms with E-state index < -0.39 is 0 Å². The molecule has 2 aromatic carbocycles. The van der Waals surface area contributed by atoms with Gasteiger partial charge in [-0.25, -0.2) is 0 Å². The Morgan fingerprint density at radius 1 is 1.10 bits per heavy atom. The average Bonchev–Trinajstić information content (AvgIpc) is 2.51. The van der Waals surface area contributed by atoms with Crippen LogP contribution in [-0.2, 0) is 6.42 Å². The van der Waals surface area contributed by atoms with E-state index in [-0.39, 0.29) is 6.04 Å². The van der Waals surface area contributed by atoms with Gasteiger partial charge in [-0.2, -0.15) is 0 Å². The number of hydrogen-bond donors (Lipinski definition) is 1. The molecule has 0 amide bonds. The first-order valence-electron chi connectivity index (χ1n) is 7.69. The first kappa shape index (κ1) is 14.2. The lowest BCUT2D eigenvalue weighted by Gasteiger charge is -2.26. The zero-order chi connectivity index (χ0) is 14.8. The van der Waals surface area contributed by atoms with E-state index in [1.54, 1.807) is 0 Å².